The lowest BCUT2D eigenvalue weighted by molar-refractivity contribution is -0.139. The number of aryl methyl sites for hydroxylation is 1. The smallest absolute Gasteiger partial charge is 0.317 e. The normalized spacial score (nSPS) is 24.6. The van der Waals surface area contributed by atoms with E-state index in [1.165, 1.54) is 19.0 Å². The third-order valence-electron chi connectivity index (χ3n) is 4.34. The summed E-state index contributed by atoms with van der Waals surface area (Å²) in [5.74, 6) is -0.208. The maximum atomic E-state index is 12.2. The average molecular weight is 359 g/mol. The highest BCUT2D eigenvalue weighted by Crippen LogP contribution is 2.34. The maximum Gasteiger partial charge on any atom is 0.317 e. The summed E-state index contributed by atoms with van der Waals surface area (Å²) in [7, 11) is -3.51. The molecule has 0 saturated heterocycles. The Morgan fingerprint density at radius 2 is 2.17 bits per heavy atom. The fraction of sp³-hybridized carbons (Fsp3) is 0.714. The summed E-state index contributed by atoms with van der Waals surface area (Å²) < 4.78 is 27.4. The zero-order valence-corrected chi connectivity index (χ0v) is 14.6. The molecule has 0 aromatic carbocycles. The minimum absolute atomic E-state index is 0.0364. The number of carbonyl (C=O) groups is 1. The van der Waals surface area contributed by atoms with Crippen molar-refractivity contribution in [3.05, 3.63) is 11.2 Å². The van der Waals surface area contributed by atoms with Gasteiger partial charge in [-0.15, -0.1) is 11.3 Å². The largest absolute Gasteiger partial charge is 0.480 e. The number of aromatic nitrogens is 1. The maximum absolute atomic E-state index is 12.2. The summed E-state index contributed by atoms with van der Waals surface area (Å²) in [6.07, 6.45) is 5.05. The number of hydrogen-bond acceptors (Lipinski definition) is 6. The highest BCUT2D eigenvalue weighted by atomic mass is 32.2. The molecular formula is C14H21N3O4S2. The van der Waals surface area contributed by atoms with Crippen LogP contribution in [0.25, 0.3) is 0 Å². The Labute approximate surface area is 139 Å². The minimum atomic E-state index is -3.51. The Bertz CT molecular complexity index is 678. The summed E-state index contributed by atoms with van der Waals surface area (Å²) in [5.41, 5.74) is 0. The fourth-order valence-electron chi connectivity index (χ4n) is 2.87. The second-order valence-corrected chi connectivity index (χ2v) is 9.58. The van der Waals surface area contributed by atoms with E-state index in [0.717, 1.165) is 17.9 Å². The molecular weight excluding hydrogens is 338 g/mol. The van der Waals surface area contributed by atoms with Crippen LogP contribution in [0, 0.1) is 12.8 Å². The van der Waals surface area contributed by atoms with Gasteiger partial charge >= 0.3 is 5.97 Å². The van der Waals surface area contributed by atoms with Crippen molar-refractivity contribution in [1.29, 1.82) is 0 Å². The molecule has 2 fully saturated rings. The number of hydrogen-bond donors (Lipinski definition) is 2. The van der Waals surface area contributed by atoms with Crippen molar-refractivity contribution < 1.29 is 18.3 Å². The molecule has 2 saturated carbocycles. The number of rotatable bonds is 8. The first-order chi connectivity index (χ1) is 10.8. The van der Waals surface area contributed by atoms with Gasteiger partial charge in [0, 0.05) is 18.6 Å². The van der Waals surface area contributed by atoms with E-state index in [1.54, 1.807) is 6.92 Å². The number of aliphatic carboxylic acids is 1. The molecule has 0 amide bonds. The van der Waals surface area contributed by atoms with Crippen LogP contribution in [0.5, 0.6) is 0 Å². The molecule has 0 radical (unpaired) electrons. The predicted octanol–water partition coefficient (Wildman–Crippen LogP) is 1.06. The van der Waals surface area contributed by atoms with E-state index in [0.29, 0.717) is 23.8 Å². The molecule has 0 unspecified atom stereocenters. The van der Waals surface area contributed by atoms with Crippen LogP contribution in [0.2, 0.25) is 0 Å². The molecule has 0 atom stereocenters. The molecule has 0 bridgehead atoms. The molecule has 2 N–H and O–H groups in total. The van der Waals surface area contributed by atoms with Gasteiger partial charge in [-0.25, -0.2) is 18.1 Å². The van der Waals surface area contributed by atoms with E-state index < -0.39 is 16.0 Å². The van der Waals surface area contributed by atoms with E-state index in [9.17, 15) is 13.2 Å². The topological polar surface area (TPSA) is 99.6 Å². The SMILES string of the molecule is Cc1ncc(S(=O)(=O)NC2CC(N(CC(=O)O)CC3CC3)C2)s1. The fourth-order valence-corrected chi connectivity index (χ4v) is 5.26. The zero-order chi connectivity index (χ0) is 16.6. The van der Waals surface area contributed by atoms with E-state index in [4.69, 9.17) is 5.11 Å². The van der Waals surface area contributed by atoms with Crippen LogP contribution in [0.3, 0.4) is 0 Å². The predicted molar refractivity (Wildman–Crippen MR) is 85.9 cm³/mol. The van der Waals surface area contributed by atoms with Gasteiger partial charge in [0.1, 0.15) is 0 Å². The van der Waals surface area contributed by atoms with Crippen LogP contribution >= 0.6 is 11.3 Å². The first-order valence-corrected chi connectivity index (χ1v) is 10.0. The molecule has 2 aliphatic rings. The van der Waals surface area contributed by atoms with Crippen LogP contribution in [-0.4, -0.2) is 54.6 Å². The zero-order valence-electron chi connectivity index (χ0n) is 12.9. The van der Waals surface area contributed by atoms with Crippen molar-refractivity contribution in [2.75, 3.05) is 13.1 Å². The lowest BCUT2D eigenvalue weighted by Crippen LogP contribution is -2.55. The molecule has 7 nitrogen and oxygen atoms in total. The first kappa shape index (κ1) is 16.8. The quantitative estimate of drug-likeness (QED) is 0.720. The van der Waals surface area contributed by atoms with E-state index >= 15 is 0 Å². The van der Waals surface area contributed by atoms with Crippen molar-refractivity contribution in [3.63, 3.8) is 0 Å². The van der Waals surface area contributed by atoms with E-state index in [1.807, 2.05) is 4.90 Å². The number of carboxylic acid groups (broad SMARTS) is 1. The molecule has 128 valence electrons. The number of nitrogens with one attached hydrogen (secondary N) is 1. The van der Waals surface area contributed by atoms with Gasteiger partial charge in [0.05, 0.1) is 17.7 Å². The second kappa shape index (κ2) is 6.46. The molecule has 23 heavy (non-hydrogen) atoms. The molecule has 0 spiro atoms. The van der Waals surface area contributed by atoms with Crippen molar-refractivity contribution in [2.24, 2.45) is 5.92 Å². The van der Waals surface area contributed by atoms with Crippen LogP contribution in [0.15, 0.2) is 10.4 Å². The van der Waals surface area contributed by atoms with Crippen molar-refractivity contribution in [3.8, 4) is 0 Å². The summed E-state index contributed by atoms with van der Waals surface area (Å²) >= 11 is 1.15. The molecule has 3 rings (SSSR count). The van der Waals surface area contributed by atoms with Gasteiger partial charge in [0.25, 0.3) is 10.0 Å². The van der Waals surface area contributed by atoms with Gasteiger partial charge in [0.2, 0.25) is 0 Å². The first-order valence-electron chi connectivity index (χ1n) is 7.74. The van der Waals surface area contributed by atoms with Gasteiger partial charge in [-0.05, 0) is 38.5 Å². The number of nitrogens with zero attached hydrogens (tertiary/aromatic N) is 2. The van der Waals surface area contributed by atoms with Gasteiger partial charge in [0.15, 0.2) is 4.21 Å². The summed E-state index contributed by atoms with van der Waals surface area (Å²) in [6.45, 7) is 2.61. The highest BCUT2D eigenvalue weighted by Gasteiger charge is 2.39. The van der Waals surface area contributed by atoms with Gasteiger partial charge < -0.3 is 5.11 Å². The van der Waals surface area contributed by atoms with E-state index in [2.05, 4.69) is 9.71 Å². The van der Waals surface area contributed by atoms with Crippen molar-refractivity contribution >= 4 is 27.3 Å². The Hall–Kier alpha value is -1.03. The Morgan fingerprint density at radius 3 is 2.70 bits per heavy atom. The van der Waals surface area contributed by atoms with Crippen molar-refractivity contribution in [2.45, 2.75) is 48.9 Å². The Kier molecular flexibility index (Phi) is 4.73. The van der Waals surface area contributed by atoms with Crippen LogP contribution < -0.4 is 4.72 Å². The lowest BCUT2D eigenvalue weighted by Gasteiger charge is -2.42. The number of carboxylic acids is 1. The monoisotopic (exact) mass is 359 g/mol. The van der Waals surface area contributed by atoms with Gasteiger partial charge in [-0.3, -0.25) is 9.69 Å². The van der Waals surface area contributed by atoms with Gasteiger partial charge in [-0.2, -0.15) is 0 Å². The van der Waals surface area contributed by atoms with E-state index in [-0.39, 0.29) is 22.8 Å². The average Bonchev–Trinajstić information content (AvgIpc) is 3.10. The molecule has 2 aliphatic carbocycles. The minimum Gasteiger partial charge on any atom is -0.480 e. The summed E-state index contributed by atoms with van der Waals surface area (Å²) in [5, 5.41) is 9.75. The molecule has 0 aliphatic heterocycles. The van der Waals surface area contributed by atoms with Crippen LogP contribution in [-0.2, 0) is 14.8 Å². The molecule has 9 heteroatoms. The third kappa shape index (κ3) is 4.28. The lowest BCUT2D eigenvalue weighted by atomic mass is 9.86. The van der Waals surface area contributed by atoms with Crippen LogP contribution in [0.4, 0.5) is 0 Å². The molecule has 1 aromatic heterocycles. The summed E-state index contributed by atoms with van der Waals surface area (Å²) in [6, 6.07) is 0.0329. The second-order valence-electron chi connectivity index (χ2n) is 6.41. The van der Waals surface area contributed by atoms with Gasteiger partial charge in [-0.1, -0.05) is 0 Å². The highest BCUT2D eigenvalue weighted by molar-refractivity contribution is 7.91. The van der Waals surface area contributed by atoms with Crippen molar-refractivity contribution in [1.82, 2.24) is 14.6 Å². The standard InChI is InChI=1S/C14H21N3O4S2/c1-9-15-6-14(22-9)23(20,21)16-11-4-12(5-11)17(8-13(18)19)7-10-2-3-10/h6,10-12,16H,2-5,7-8H2,1H3,(H,18,19). The molecule has 1 aromatic rings. The molecule has 1 heterocycles. The number of thiazole rings is 1. The Balaban J connectivity index is 1.54. The third-order valence-corrected chi connectivity index (χ3v) is 7.24. The van der Waals surface area contributed by atoms with Crippen LogP contribution in [0.1, 0.15) is 30.7 Å². The number of sulfonamides is 1. The Morgan fingerprint density at radius 1 is 1.48 bits per heavy atom. The summed E-state index contributed by atoms with van der Waals surface area (Å²) in [4.78, 5) is 17.0.